The standard InChI is InChI=1S/C23H31O3P/c1-21(2,3)19-15-11-9-13-17(19)25-27(24)26-18-14-10-12-16(23(15,7)8)20(18)22(4,5)6/h9-14,24H,1-8H3. The third kappa shape index (κ3) is 3.60. The lowest BCUT2D eigenvalue weighted by atomic mass is 9.67. The summed E-state index contributed by atoms with van der Waals surface area (Å²) in [6.45, 7) is 17.6. The highest BCUT2D eigenvalue weighted by molar-refractivity contribution is 7.41. The number of hydrogen-bond acceptors (Lipinski definition) is 3. The van der Waals surface area contributed by atoms with Crippen LogP contribution in [0.3, 0.4) is 0 Å². The molecule has 0 amide bonds. The molecule has 27 heavy (non-hydrogen) atoms. The van der Waals surface area contributed by atoms with E-state index in [4.69, 9.17) is 9.05 Å². The molecule has 4 heteroatoms. The van der Waals surface area contributed by atoms with Crippen LogP contribution >= 0.6 is 8.60 Å². The molecule has 0 spiro atoms. The molecule has 3 nitrogen and oxygen atoms in total. The van der Waals surface area contributed by atoms with Crippen molar-refractivity contribution in [3.8, 4) is 11.5 Å². The average Bonchev–Trinajstić information content (AvgIpc) is 2.51. The smallest absolute Gasteiger partial charge is 0.418 e. The molecular weight excluding hydrogens is 355 g/mol. The normalized spacial score (nSPS) is 17.1. The molecule has 0 radical (unpaired) electrons. The molecule has 1 heterocycles. The zero-order chi connectivity index (χ0) is 20.2. The van der Waals surface area contributed by atoms with E-state index in [0.717, 1.165) is 11.1 Å². The minimum Gasteiger partial charge on any atom is -0.418 e. The molecule has 4 bridgehead atoms. The van der Waals surface area contributed by atoms with Crippen LogP contribution in [0.4, 0.5) is 0 Å². The third-order valence-electron chi connectivity index (χ3n) is 5.25. The molecule has 0 aliphatic carbocycles. The van der Waals surface area contributed by atoms with Crippen molar-refractivity contribution in [3.63, 3.8) is 0 Å². The van der Waals surface area contributed by atoms with E-state index in [2.05, 4.69) is 67.5 Å². The lowest BCUT2D eigenvalue weighted by Crippen LogP contribution is -2.30. The summed E-state index contributed by atoms with van der Waals surface area (Å²) in [5.74, 6) is 1.40. The van der Waals surface area contributed by atoms with Crippen LogP contribution in [0, 0.1) is 0 Å². The summed E-state index contributed by atoms with van der Waals surface area (Å²) in [6.07, 6.45) is 0. The monoisotopic (exact) mass is 386 g/mol. The number of hydrogen-bond donors (Lipinski definition) is 1. The highest BCUT2D eigenvalue weighted by Crippen LogP contribution is 2.51. The summed E-state index contributed by atoms with van der Waals surface area (Å²) in [7, 11) is -2.08. The molecule has 2 aromatic rings. The van der Waals surface area contributed by atoms with Gasteiger partial charge in [0.1, 0.15) is 11.5 Å². The SMILES string of the molecule is CC(C)(C)c1c2cccc1C(C)(C)c1cccc(c1C(C)(C)C)OP(O)O2. The van der Waals surface area contributed by atoms with Gasteiger partial charge in [0.05, 0.1) is 0 Å². The second-order valence-corrected chi connectivity index (χ2v) is 10.7. The van der Waals surface area contributed by atoms with Gasteiger partial charge >= 0.3 is 8.60 Å². The summed E-state index contributed by atoms with van der Waals surface area (Å²) in [5.41, 5.74) is 4.15. The van der Waals surface area contributed by atoms with Crippen molar-refractivity contribution >= 4 is 8.60 Å². The first kappa shape index (κ1) is 20.2. The van der Waals surface area contributed by atoms with Crippen molar-refractivity contribution in [1.29, 1.82) is 0 Å². The molecule has 0 saturated heterocycles. The molecule has 0 unspecified atom stereocenters. The quantitative estimate of drug-likeness (QED) is 0.519. The van der Waals surface area contributed by atoms with Gasteiger partial charge in [0.25, 0.3) is 0 Å². The van der Waals surface area contributed by atoms with Crippen LogP contribution in [0.1, 0.15) is 77.6 Å². The molecule has 0 aromatic heterocycles. The van der Waals surface area contributed by atoms with Crippen molar-refractivity contribution < 1.29 is 13.9 Å². The molecule has 0 atom stereocenters. The van der Waals surface area contributed by atoms with Gasteiger partial charge in [-0.15, -0.1) is 0 Å². The van der Waals surface area contributed by atoms with E-state index in [1.54, 1.807) is 0 Å². The van der Waals surface area contributed by atoms with Crippen molar-refractivity contribution in [3.05, 3.63) is 58.7 Å². The molecule has 2 aromatic carbocycles. The van der Waals surface area contributed by atoms with Gasteiger partial charge in [0, 0.05) is 16.5 Å². The fraction of sp³-hybridized carbons (Fsp3) is 0.478. The molecular formula is C23H31O3P. The zero-order valence-electron chi connectivity index (χ0n) is 17.7. The Labute approximate surface area is 164 Å². The Hall–Kier alpha value is -1.57. The van der Waals surface area contributed by atoms with Crippen LogP contribution in [0.2, 0.25) is 0 Å². The lowest BCUT2D eigenvalue weighted by molar-refractivity contribution is 0.365. The summed E-state index contributed by atoms with van der Waals surface area (Å²) in [5, 5.41) is 0. The van der Waals surface area contributed by atoms with Gasteiger partial charge in [-0.05, 0) is 34.1 Å². The number of fused-ring (bicyclic) bond motifs is 4. The molecule has 1 N–H and O–H groups in total. The van der Waals surface area contributed by atoms with E-state index < -0.39 is 8.60 Å². The van der Waals surface area contributed by atoms with Gasteiger partial charge in [0.15, 0.2) is 0 Å². The van der Waals surface area contributed by atoms with Crippen molar-refractivity contribution in [2.24, 2.45) is 0 Å². The van der Waals surface area contributed by atoms with E-state index in [9.17, 15) is 4.89 Å². The summed E-state index contributed by atoms with van der Waals surface area (Å²) in [6, 6.07) is 12.2. The van der Waals surface area contributed by atoms with Crippen LogP contribution in [0.15, 0.2) is 36.4 Å². The maximum atomic E-state index is 10.6. The average molecular weight is 386 g/mol. The van der Waals surface area contributed by atoms with Gasteiger partial charge in [0.2, 0.25) is 0 Å². The summed E-state index contributed by atoms with van der Waals surface area (Å²) in [4.78, 5) is 10.6. The Balaban J connectivity index is 2.44. The van der Waals surface area contributed by atoms with Crippen molar-refractivity contribution in [2.75, 3.05) is 0 Å². The Morgan fingerprint density at radius 2 is 1.11 bits per heavy atom. The first-order chi connectivity index (χ1) is 12.3. The highest BCUT2D eigenvalue weighted by Gasteiger charge is 2.38. The first-order valence-electron chi connectivity index (χ1n) is 9.46. The molecule has 3 rings (SSSR count). The zero-order valence-corrected chi connectivity index (χ0v) is 18.6. The van der Waals surface area contributed by atoms with E-state index in [1.165, 1.54) is 11.1 Å². The third-order valence-corrected chi connectivity index (χ3v) is 5.96. The van der Waals surface area contributed by atoms with E-state index in [0.29, 0.717) is 11.5 Å². The summed E-state index contributed by atoms with van der Waals surface area (Å²) >= 11 is 0. The Morgan fingerprint density at radius 3 is 1.44 bits per heavy atom. The maximum Gasteiger partial charge on any atom is 0.460 e. The minimum atomic E-state index is -2.08. The lowest BCUT2D eigenvalue weighted by Gasteiger charge is -2.39. The second kappa shape index (κ2) is 6.50. The topological polar surface area (TPSA) is 38.7 Å². The molecule has 1 aliphatic rings. The maximum absolute atomic E-state index is 10.6. The van der Waals surface area contributed by atoms with Gasteiger partial charge in [-0.3, -0.25) is 0 Å². The Bertz CT molecular complexity index is 787. The molecule has 1 aliphatic heterocycles. The first-order valence-corrected chi connectivity index (χ1v) is 10.6. The van der Waals surface area contributed by atoms with Crippen LogP contribution in [-0.4, -0.2) is 4.89 Å². The van der Waals surface area contributed by atoms with Gasteiger partial charge in [-0.25, -0.2) is 0 Å². The molecule has 0 fully saturated rings. The van der Waals surface area contributed by atoms with E-state index in [1.807, 2.05) is 24.3 Å². The highest BCUT2D eigenvalue weighted by atomic mass is 31.2. The number of benzene rings is 2. The fourth-order valence-electron chi connectivity index (χ4n) is 4.14. The van der Waals surface area contributed by atoms with E-state index in [-0.39, 0.29) is 16.2 Å². The largest absolute Gasteiger partial charge is 0.460 e. The molecule has 146 valence electrons. The molecule has 0 saturated carbocycles. The fourth-order valence-corrected chi connectivity index (χ4v) is 4.81. The summed E-state index contributed by atoms with van der Waals surface area (Å²) < 4.78 is 11.9. The van der Waals surface area contributed by atoms with Gasteiger partial charge < -0.3 is 13.9 Å². The van der Waals surface area contributed by atoms with E-state index >= 15 is 0 Å². The Kier molecular flexibility index (Phi) is 4.85. The van der Waals surface area contributed by atoms with Crippen LogP contribution in [0.5, 0.6) is 11.5 Å². The van der Waals surface area contributed by atoms with Gasteiger partial charge in [-0.2, -0.15) is 0 Å². The Morgan fingerprint density at radius 1 is 0.741 bits per heavy atom. The minimum absolute atomic E-state index is 0.141. The van der Waals surface area contributed by atoms with Crippen molar-refractivity contribution in [1.82, 2.24) is 0 Å². The predicted octanol–water partition coefficient (Wildman–Crippen LogP) is 6.60. The number of rotatable bonds is 0. The van der Waals surface area contributed by atoms with Gasteiger partial charge in [-0.1, -0.05) is 79.7 Å². The second-order valence-electron chi connectivity index (χ2n) is 9.90. The van der Waals surface area contributed by atoms with Crippen molar-refractivity contribution in [2.45, 2.75) is 71.6 Å². The van der Waals surface area contributed by atoms with Crippen LogP contribution in [0.25, 0.3) is 0 Å². The predicted molar refractivity (Wildman–Crippen MR) is 113 cm³/mol. The van der Waals surface area contributed by atoms with Crippen LogP contribution in [-0.2, 0) is 16.2 Å². The van der Waals surface area contributed by atoms with Crippen LogP contribution < -0.4 is 9.05 Å².